The van der Waals surface area contributed by atoms with Gasteiger partial charge >= 0.3 is 6.09 Å². The van der Waals surface area contributed by atoms with Crippen molar-refractivity contribution >= 4 is 38.5 Å². The van der Waals surface area contributed by atoms with Crippen molar-refractivity contribution in [3.05, 3.63) is 66.2 Å². The highest BCUT2D eigenvalue weighted by Gasteiger charge is 2.50. The number of anilines is 2. The third-order valence-corrected chi connectivity index (χ3v) is 9.68. The summed E-state index contributed by atoms with van der Waals surface area (Å²) in [6.07, 6.45) is 3.27. The Balaban J connectivity index is 1.29. The number of hydrogen-bond donors (Lipinski definition) is 3. The number of amides is 1. The Hall–Kier alpha value is -4.66. The summed E-state index contributed by atoms with van der Waals surface area (Å²) in [6, 6.07) is 10.7. The summed E-state index contributed by atoms with van der Waals surface area (Å²) in [6.45, 7) is 2.54. The number of alkyl halides is 2. The molecule has 2 aromatic heterocycles. The lowest BCUT2D eigenvalue weighted by atomic mass is 9.82. The summed E-state index contributed by atoms with van der Waals surface area (Å²) in [5.74, 6) is -5.33. The van der Waals surface area contributed by atoms with E-state index in [0.717, 1.165) is 12.5 Å². The number of piperidine rings is 1. The molecule has 6 rings (SSSR count). The molecule has 4 aromatic rings. The minimum atomic E-state index is -4.30. The maximum Gasteiger partial charge on any atom is 0.407 e. The maximum atomic E-state index is 15.1. The van der Waals surface area contributed by atoms with Gasteiger partial charge in [0.15, 0.2) is 0 Å². The fraction of sp³-hybridized carbons (Fsp3) is 0.355. The second-order valence-corrected chi connectivity index (χ2v) is 13.3. The van der Waals surface area contributed by atoms with Crippen molar-refractivity contribution in [2.24, 2.45) is 5.92 Å². The third kappa shape index (κ3) is 6.50. The van der Waals surface area contributed by atoms with E-state index in [2.05, 4.69) is 25.0 Å². The average Bonchev–Trinajstić information content (AvgIpc) is 3.02. The first kappa shape index (κ1) is 31.3. The highest BCUT2D eigenvalue weighted by Crippen LogP contribution is 2.45. The molecule has 0 bridgehead atoms. The molecule has 1 amide bonds. The average molecular weight is 657 g/mol. The van der Waals surface area contributed by atoms with Gasteiger partial charge in [-0.05, 0) is 62.1 Å². The number of carbonyl (C=O) groups is 1. The SMILES string of the molecule is Cc1ccc2c(NS(=O)(=O)CC3CCC3(F)F)c(F)ccc2c1Oc1ncccc1-c1ccnc(NC2CCCN(C(=O)O)C2)n1. The molecule has 3 heterocycles. The summed E-state index contributed by atoms with van der Waals surface area (Å²) in [4.78, 5) is 26.1. The Kier molecular flexibility index (Phi) is 8.35. The van der Waals surface area contributed by atoms with E-state index >= 15 is 4.39 Å². The van der Waals surface area contributed by atoms with Gasteiger partial charge in [-0.15, -0.1) is 0 Å². The summed E-state index contributed by atoms with van der Waals surface area (Å²) < 4.78 is 76.9. The number of likely N-dealkylation sites (tertiary alicyclic amines) is 1. The van der Waals surface area contributed by atoms with Crippen molar-refractivity contribution in [1.29, 1.82) is 0 Å². The van der Waals surface area contributed by atoms with Crippen molar-refractivity contribution < 1.29 is 36.2 Å². The van der Waals surface area contributed by atoms with E-state index in [1.807, 2.05) is 0 Å². The van der Waals surface area contributed by atoms with Gasteiger partial charge in [-0.2, -0.15) is 0 Å². The van der Waals surface area contributed by atoms with Crippen LogP contribution in [-0.2, 0) is 10.0 Å². The number of halogens is 3. The van der Waals surface area contributed by atoms with E-state index in [0.29, 0.717) is 47.7 Å². The topological polar surface area (TPSA) is 147 Å². The summed E-state index contributed by atoms with van der Waals surface area (Å²) in [7, 11) is -4.30. The van der Waals surface area contributed by atoms with E-state index in [9.17, 15) is 27.1 Å². The Bertz CT molecular complexity index is 1910. The van der Waals surface area contributed by atoms with Crippen LogP contribution in [0, 0.1) is 18.7 Å². The standard InChI is InChI=1S/C31H31F3N6O5S/c1-18-6-7-21-22(8-9-24(32)26(21)39-46(43,44)17-19-10-12-31(19,33)34)27(18)45-28-23(5-2-13-35-28)25-11-14-36-29(38-25)37-20-4-3-15-40(16-20)30(41)42/h2,5-9,11,13-14,19-20,39H,3-4,10,12,15-17H2,1H3,(H,41,42)(H,36,37,38). The number of aromatic nitrogens is 3. The molecule has 1 aliphatic heterocycles. The molecule has 1 saturated carbocycles. The van der Waals surface area contributed by atoms with E-state index in [-0.39, 0.29) is 41.6 Å². The lowest BCUT2D eigenvalue weighted by Crippen LogP contribution is -2.44. The molecule has 1 saturated heterocycles. The van der Waals surface area contributed by atoms with Crippen LogP contribution < -0.4 is 14.8 Å². The fourth-order valence-electron chi connectivity index (χ4n) is 5.73. The molecule has 2 unspecified atom stereocenters. The molecule has 0 radical (unpaired) electrons. The fourth-order valence-corrected chi connectivity index (χ4v) is 7.27. The molecule has 242 valence electrons. The second-order valence-electron chi connectivity index (χ2n) is 11.5. The van der Waals surface area contributed by atoms with Gasteiger partial charge in [-0.1, -0.05) is 12.1 Å². The summed E-state index contributed by atoms with van der Waals surface area (Å²) >= 11 is 0. The predicted octanol–water partition coefficient (Wildman–Crippen LogP) is 6.27. The number of rotatable bonds is 9. The zero-order chi connectivity index (χ0) is 32.6. The van der Waals surface area contributed by atoms with Crippen LogP contribution in [0.1, 0.15) is 31.2 Å². The third-order valence-electron chi connectivity index (χ3n) is 8.33. The number of sulfonamides is 1. The van der Waals surface area contributed by atoms with Gasteiger partial charge in [-0.25, -0.2) is 41.3 Å². The lowest BCUT2D eigenvalue weighted by molar-refractivity contribution is -0.122. The minimum Gasteiger partial charge on any atom is -0.465 e. The quantitative estimate of drug-likeness (QED) is 0.190. The van der Waals surface area contributed by atoms with Crippen LogP contribution in [0.15, 0.2) is 54.9 Å². The Morgan fingerprint density at radius 3 is 2.65 bits per heavy atom. The van der Waals surface area contributed by atoms with E-state index in [1.165, 1.54) is 23.2 Å². The maximum absolute atomic E-state index is 15.1. The van der Waals surface area contributed by atoms with Gasteiger partial charge in [0.2, 0.25) is 21.9 Å². The minimum absolute atomic E-state index is 0.0727. The van der Waals surface area contributed by atoms with Crippen LogP contribution >= 0.6 is 0 Å². The zero-order valence-electron chi connectivity index (χ0n) is 24.7. The van der Waals surface area contributed by atoms with Crippen molar-refractivity contribution in [3.63, 3.8) is 0 Å². The Labute approximate surface area is 262 Å². The number of hydrogen-bond acceptors (Lipinski definition) is 8. The molecule has 2 atom stereocenters. The molecule has 2 aromatic carbocycles. The number of nitrogens with zero attached hydrogens (tertiary/aromatic N) is 4. The molecule has 3 N–H and O–H groups in total. The molecule has 15 heteroatoms. The van der Waals surface area contributed by atoms with Crippen molar-refractivity contribution in [3.8, 4) is 22.9 Å². The summed E-state index contributed by atoms with van der Waals surface area (Å²) in [5, 5.41) is 13.1. The van der Waals surface area contributed by atoms with E-state index < -0.39 is 39.5 Å². The largest absolute Gasteiger partial charge is 0.465 e. The molecular formula is C31H31F3N6O5S. The summed E-state index contributed by atoms with van der Waals surface area (Å²) in [5.41, 5.74) is 1.26. The van der Waals surface area contributed by atoms with E-state index in [4.69, 9.17) is 4.74 Å². The van der Waals surface area contributed by atoms with Crippen LogP contribution in [0.5, 0.6) is 11.6 Å². The molecule has 0 spiro atoms. The van der Waals surface area contributed by atoms with E-state index in [1.54, 1.807) is 37.4 Å². The van der Waals surface area contributed by atoms with Crippen LogP contribution in [0.4, 0.5) is 29.6 Å². The highest BCUT2D eigenvalue weighted by atomic mass is 32.2. The highest BCUT2D eigenvalue weighted by molar-refractivity contribution is 7.92. The smallest absolute Gasteiger partial charge is 0.407 e. The number of pyridine rings is 1. The number of nitrogens with one attached hydrogen (secondary N) is 2. The van der Waals surface area contributed by atoms with Gasteiger partial charge in [0.05, 0.1) is 22.7 Å². The second kappa shape index (κ2) is 12.3. The number of ether oxygens (including phenoxy) is 1. The number of benzene rings is 2. The number of carboxylic acid groups (broad SMARTS) is 1. The number of fused-ring (bicyclic) bond motifs is 1. The molecular weight excluding hydrogens is 625 g/mol. The van der Waals surface area contributed by atoms with Gasteiger partial charge in [0.1, 0.15) is 11.6 Å². The van der Waals surface area contributed by atoms with Crippen LogP contribution in [0.3, 0.4) is 0 Å². The first-order valence-corrected chi connectivity index (χ1v) is 16.4. The van der Waals surface area contributed by atoms with Gasteiger partial charge in [0.25, 0.3) is 5.92 Å². The molecule has 2 fully saturated rings. The van der Waals surface area contributed by atoms with Crippen molar-refractivity contribution in [2.75, 3.05) is 28.9 Å². The monoisotopic (exact) mass is 656 g/mol. The molecule has 11 nitrogen and oxygen atoms in total. The van der Waals surface area contributed by atoms with Crippen molar-refractivity contribution in [2.45, 2.75) is 44.6 Å². The van der Waals surface area contributed by atoms with Crippen LogP contribution in [0.25, 0.3) is 22.0 Å². The van der Waals surface area contributed by atoms with Gasteiger partial charge in [0, 0.05) is 54.6 Å². The Morgan fingerprint density at radius 2 is 1.91 bits per heavy atom. The lowest BCUT2D eigenvalue weighted by Gasteiger charge is -2.35. The first-order chi connectivity index (χ1) is 21.9. The Morgan fingerprint density at radius 1 is 1.11 bits per heavy atom. The normalized spacial score (nSPS) is 19.3. The van der Waals surface area contributed by atoms with Gasteiger partial charge in [-0.3, -0.25) is 4.72 Å². The van der Waals surface area contributed by atoms with Gasteiger partial charge < -0.3 is 20.1 Å². The molecule has 46 heavy (non-hydrogen) atoms. The van der Waals surface area contributed by atoms with Crippen molar-refractivity contribution in [1.82, 2.24) is 19.9 Å². The first-order valence-electron chi connectivity index (χ1n) is 14.7. The number of aryl methyl sites for hydroxylation is 1. The molecule has 1 aliphatic carbocycles. The van der Waals surface area contributed by atoms with Crippen LogP contribution in [-0.4, -0.2) is 70.3 Å². The predicted molar refractivity (Wildman–Crippen MR) is 165 cm³/mol. The zero-order valence-corrected chi connectivity index (χ0v) is 25.5. The van der Waals surface area contributed by atoms with Crippen LogP contribution in [0.2, 0.25) is 0 Å². The molecule has 2 aliphatic rings.